The van der Waals surface area contributed by atoms with Gasteiger partial charge in [-0.15, -0.1) is 0 Å². The van der Waals surface area contributed by atoms with Gasteiger partial charge in [-0.3, -0.25) is 4.79 Å². The van der Waals surface area contributed by atoms with Gasteiger partial charge in [-0.2, -0.15) is 0 Å². The second-order valence-electron chi connectivity index (χ2n) is 6.00. The van der Waals surface area contributed by atoms with E-state index >= 15 is 0 Å². The van der Waals surface area contributed by atoms with E-state index in [1.165, 1.54) is 0 Å². The molecular formula is C18H21Cl2NO3P+. The third kappa shape index (κ3) is 6.67. The number of nitrogens with one attached hydrogen (secondary N) is 1. The predicted octanol–water partition coefficient (Wildman–Crippen LogP) is 4.25. The molecule has 4 nitrogen and oxygen atoms in total. The lowest BCUT2D eigenvalue weighted by molar-refractivity contribution is -0.116. The molecule has 1 atom stereocenters. The summed E-state index contributed by atoms with van der Waals surface area (Å²) in [6, 6.07) is 14.3. The second kappa shape index (κ2) is 9.09. The molecule has 2 aromatic carbocycles. The van der Waals surface area contributed by atoms with E-state index in [9.17, 15) is 14.6 Å². The number of benzene rings is 2. The van der Waals surface area contributed by atoms with Crippen molar-refractivity contribution in [2.24, 2.45) is 0 Å². The van der Waals surface area contributed by atoms with Crippen molar-refractivity contribution in [3.05, 3.63) is 69.7 Å². The molecule has 0 aliphatic rings. The van der Waals surface area contributed by atoms with Crippen molar-refractivity contribution in [1.82, 2.24) is 5.32 Å². The van der Waals surface area contributed by atoms with Gasteiger partial charge in [0.15, 0.2) is 11.9 Å². The van der Waals surface area contributed by atoms with E-state index in [2.05, 4.69) is 5.32 Å². The lowest BCUT2D eigenvalue weighted by atomic mass is 10.1. The Hall–Kier alpha value is -1.000. The molecule has 0 aliphatic heterocycles. The fraction of sp³-hybridized carbons (Fsp3) is 0.278. The van der Waals surface area contributed by atoms with Crippen molar-refractivity contribution in [3.63, 3.8) is 0 Å². The molecule has 0 aromatic heterocycles. The van der Waals surface area contributed by atoms with Crippen LogP contribution < -0.4 is 5.32 Å². The highest BCUT2D eigenvalue weighted by molar-refractivity contribution is 7.64. The summed E-state index contributed by atoms with van der Waals surface area (Å²) in [5, 5.41) is 4.01. The zero-order valence-electron chi connectivity index (χ0n) is 13.8. The van der Waals surface area contributed by atoms with Gasteiger partial charge in [-0.1, -0.05) is 59.6 Å². The highest BCUT2D eigenvalue weighted by Crippen LogP contribution is 2.52. The van der Waals surface area contributed by atoms with Crippen LogP contribution in [0.4, 0.5) is 0 Å². The highest BCUT2D eigenvalue weighted by Gasteiger charge is 2.36. The maximum Gasteiger partial charge on any atom is 0.279 e. The quantitative estimate of drug-likeness (QED) is 0.579. The highest BCUT2D eigenvalue weighted by atomic mass is 35.5. The average Bonchev–Trinajstić information content (AvgIpc) is 2.55. The Bertz CT molecular complexity index is 726. The standard InChI is InChI=1S/C18H21Cl2NO3P/c1-13(15-7-8-17(19)18(20)9-15)21-10-16(22)12-25(23,24)11-14-5-3-2-4-6-14/h2-9,13,21,23-24H,10-12H2,1H3/q+1/t13-/m1/s1. The van der Waals surface area contributed by atoms with Gasteiger partial charge < -0.3 is 5.32 Å². The van der Waals surface area contributed by atoms with E-state index in [-0.39, 0.29) is 30.7 Å². The van der Waals surface area contributed by atoms with Crippen LogP contribution in [0.1, 0.15) is 24.1 Å². The summed E-state index contributed by atoms with van der Waals surface area (Å²) < 4.78 is 0. The first-order chi connectivity index (χ1) is 11.8. The molecular weight excluding hydrogens is 380 g/mol. The molecule has 2 rings (SSSR count). The van der Waals surface area contributed by atoms with Gasteiger partial charge in [0.2, 0.25) is 0 Å². The van der Waals surface area contributed by atoms with Crippen LogP contribution in [0, 0.1) is 0 Å². The number of carbonyl (C=O) groups excluding carboxylic acids is 1. The molecule has 134 valence electrons. The average molecular weight is 401 g/mol. The zero-order valence-corrected chi connectivity index (χ0v) is 16.2. The first-order valence-electron chi connectivity index (χ1n) is 7.83. The number of Topliss-reactive ketones (excluding diaryl/α,β-unsaturated/α-hetero) is 1. The van der Waals surface area contributed by atoms with E-state index in [1.54, 1.807) is 12.1 Å². The molecule has 2 aromatic rings. The lowest BCUT2D eigenvalue weighted by Crippen LogP contribution is -2.28. The Balaban J connectivity index is 1.85. The summed E-state index contributed by atoms with van der Waals surface area (Å²) >= 11 is 11.9. The summed E-state index contributed by atoms with van der Waals surface area (Å²) in [5.74, 6) is -0.235. The fourth-order valence-corrected chi connectivity index (χ4v) is 4.33. The number of halogens is 2. The van der Waals surface area contributed by atoms with E-state index < -0.39 is 7.72 Å². The number of rotatable bonds is 8. The Morgan fingerprint density at radius 3 is 2.44 bits per heavy atom. The minimum absolute atomic E-state index is 0.0546. The van der Waals surface area contributed by atoms with Crippen LogP contribution >= 0.6 is 30.9 Å². The molecule has 0 bridgehead atoms. The van der Waals surface area contributed by atoms with Crippen molar-refractivity contribution in [2.45, 2.75) is 19.1 Å². The lowest BCUT2D eigenvalue weighted by Gasteiger charge is -2.16. The maximum absolute atomic E-state index is 12.1. The number of hydrogen-bond acceptors (Lipinski definition) is 4. The van der Waals surface area contributed by atoms with Crippen molar-refractivity contribution in [2.75, 3.05) is 12.7 Å². The van der Waals surface area contributed by atoms with Gasteiger partial charge in [0, 0.05) is 6.04 Å². The molecule has 0 aliphatic carbocycles. The van der Waals surface area contributed by atoms with Crippen molar-refractivity contribution >= 4 is 36.7 Å². The van der Waals surface area contributed by atoms with E-state index in [1.807, 2.05) is 43.3 Å². The van der Waals surface area contributed by atoms with Gasteiger partial charge in [-0.25, -0.2) is 9.79 Å². The largest absolute Gasteiger partial charge is 0.303 e. The third-order valence-electron chi connectivity index (χ3n) is 3.76. The molecule has 25 heavy (non-hydrogen) atoms. The minimum Gasteiger partial charge on any atom is -0.303 e. The minimum atomic E-state index is -3.29. The molecule has 0 fully saturated rings. The second-order valence-corrected chi connectivity index (χ2v) is 9.20. The first kappa shape index (κ1) is 20.3. The smallest absolute Gasteiger partial charge is 0.279 e. The summed E-state index contributed by atoms with van der Waals surface area (Å²) in [5.41, 5.74) is 1.71. The number of ketones is 1. The van der Waals surface area contributed by atoms with Gasteiger partial charge in [0.1, 0.15) is 6.16 Å². The van der Waals surface area contributed by atoms with Crippen molar-refractivity contribution < 1.29 is 14.6 Å². The predicted molar refractivity (Wildman–Crippen MR) is 104 cm³/mol. The zero-order chi connectivity index (χ0) is 18.4. The summed E-state index contributed by atoms with van der Waals surface area (Å²) in [6.07, 6.45) is -0.120. The van der Waals surface area contributed by atoms with Crippen LogP contribution in [0.2, 0.25) is 10.0 Å². The number of carbonyl (C=O) groups is 1. The molecule has 3 N–H and O–H groups in total. The summed E-state index contributed by atoms with van der Waals surface area (Å²) in [7, 11) is -3.29. The molecule has 0 amide bonds. The SMILES string of the molecule is C[C@@H](NCC(=O)C[P+](O)(O)Cc1ccccc1)c1ccc(Cl)c(Cl)c1. The van der Waals surface area contributed by atoms with E-state index in [0.29, 0.717) is 10.0 Å². The van der Waals surface area contributed by atoms with Gasteiger partial charge >= 0.3 is 0 Å². The van der Waals surface area contributed by atoms with Crippen LogP contribution in [-0.4, -0.2) is 28.3 Å². The molecule has 0 radical (unpaired) electrons. The monoisotopic (exact) mass is 400 g/mol. The summed E-state index contributed by atoms with van der Waals surface area (Å²) in [4.78, 5) is 32.5. The van der Waals surface area contributed by atoms with Crippen LogP contribution in [-0.2, 0) is 11.0 Å². The van der Waals surface area contributed by atoms with Crippen LogP contribution in [0.3, 0.4) is 0 Å². The van der Waals surface area contributed by atoms with Crippen LogP contribution in [0.25, 0.3) is 0 Å². The van der Waals surface area contributed by atoms with Crippen LogP contribution in [0.15, 0.2) is 48.5 Å². The van der Waals surface area contributed by atoms with E-state index in [4.69, 9.17) is 23.2 Å². The van der Waals surface area contributed by atoms with E-state index in [0.717, 1.165) is 11.1 Å². The summed E-state index contributed by atoms with van der Waals surface area (Å²) in [6.45, 7) is 1.95. The molecule has 0 spiro atoms. The Kier molecular flexibility index (Phi) is 7.38. The topological polar surface area (TPSA) is 69.6 Å². The van der Waals surface area contributed by atoms with Crippen molar-refractivity contribution in [1.29, 1.82) is 0 Å². The third-order valence-corrected chi connectivity index (χ3v) is 6.23. The Morgan fingerprint density at radius 1 is 1.12 bits per heavy atom. The molecule has 7 heteroatoms. The van der Waals surface area contributed by atoms with Gasteiger partial charge in [0.05, 0.1) is 16.6 Å². The Morgan fingerprint density at radius 2 is 1.80 bits per heavy atom. The molecule has 0 unspecified atom stereocenters. The van der Waals surface area contributed by atoms with Crippen molar-refractivity contribution in [3.8, 4) is 0 Å². The fourth-order valence-electron chi connectivity index (χ4n) is 2.44. The van der Waals surface area contributed by atoms with Crippen LogP contribution in [0.5, 0.6) is 0 Å². The molecule has 0 heterocycles. The Labute approximate surface area is 158 Å². The first-order valence-corrected chi connectivity index (χ1v) is 10.7. The normalized spacial score (nSPS) is 12.8. The molecule has 0 saturated carbocycles. The molecule has 0 saturated heterocycles. The maximum atomic E-state index is 12.1. The van der Waals surface area contributed by atoms with Gasteiger partial charge in [0.25, 0.3) is 7.72 Å². The van der Waals surface area contributed by atoms with Gasteiger partial charge in [-0.05, 0) is 30.2 Å². The number of hydrogen-bond donors (Lipinski definition) is 3.